The molecule has 0 saturated heterocycles. The second kappa shape index (κ2) is 5.72. The lowest BCUT2D eigenvalue weighted by Gasteiger charge is -2.37. The van der Waals surface area contributed by atoms with Crippen molar-refractivity contribution in [1.82, 2.24) is 0 Å². The summed E-state index contributed by atoms with van der Waals surface area (Å²) in [5.41, 5.74) is 0.354. The maximum atomic E-state index is 13.3. The molecule has 0 aliphatic carbocycles. The van der Waals surface area contributed by atoms with Crippen molar-refractivity contribution in [3.05, 3.63) is 51.2 Å². The van der Waals surface area contributed by atoms with Crippen LogP contribution >= 0.6 is 22.9 Å². The van der Waals surface area contributed by atoms with Crippen molar-refractivity contribution in [2.24, 2.45) is 5.92 Å². The minimum atomic E-state index is -4.80. The zero-order valence-electron chi connectivity index (χ0n) is 11.4. The summed E-state index contributed by atoms with van der Waals surface area (Å²) in [5, 5.41) is 11.4. The molecule has 3 unspecified atom stereocenters. The van der Waals surface area contributed by atoms with Crippen molar-refractivity contribution in [2.45, 2.75) is 18.2 Å². The smallest absolute Gasteiger partial charge is 0.426 e. The standard InChI is InChI=1S/C15H10ClF3O3S/c16-7-3-4-9-8(6-7)11(10-2-1-5-23-10)12(14(20)21)13(22-9)15(17,18)19/h1-6,11-13H,(H,20,21). The minimum absolute atomic E-state index is 0.00706. The van der Waals surface area contributed by atoms with Gasteiger partial charge in [-0.2, -0.15) is 13.2 Å². The SMILES string of the molecule is O=C(O)C1C(c2cccs2)c2cc(Cl)ccc2OC1C(F)(F)F. The number of ether oxygens (including phenoxy) is 1. The van der Waals surface area contributed by atoms with E-state index in [0.717, 1.165) is 0 Å². The maximum absolute atomic E-state index is 13.3. The van der Waals surface area contributed by atoms with Gasteiger partial charge in [0, 0.05) is 21.4 Å². The molecule has 0 amide bonds. The van der Waals surface area contributed by atoms with E-state index in [-0.39, 0.29) is 5.75 Å². The molecule has 1 aromatic heterocycles. The molecule has 1 N–H and O–H groups in total. The molecule has 8 heteroatoms. The summed E-state index contributed by atoms with van der Waals surface area (Å²) in [5.74, 6) is -4.30. The van der Waals surface area contributed by atoms with Crippen molar-refractivity contribution in [1.29, 1.82) is 0 Å². The van der Waals surface area contributed by atoms with Crippen LogP contribution < -0.4 is 4.74 Å². The zero-order valence-corrected chi connectivity index (χ0v) is 13.0. The van der Waals surface area contributed by atoms with Gasteiger partial charge < -0.3 is 9.84 Å². The second-order valence-corrected chi connectivity index (χ2v) is 6.54. The highest BCUT2D eigenvalue weighted by Gasteiger charge is 2.56. The van der Waals surface area contributed by atoms with Crippen LogP contribution in [0.5, 0.6) is 5.75 Å². The Balaban J connectivity index is 2.22. The van der Waals surface area contributed by atoms with Gasteiger partial charge in [0.25, 0.3) is 0 Å². The van der Waals surface area contributed by atoms with Gasteiger partial charge in [0.15, 0.2) is 0 Å². The summed E-state index contributed by atoms with van der Waals surface area (Å²) >= 11 is 7.14. The van der Waals surface area contributed by atoms with E-state index in [1.54, 1.807) is 17.5 Å². The second-order valence-electron chi connectivity index (χ2n) is 5.12. The van der Waals surface area contributed by atoms with Crippen molar-refractivity contribution in [2.75, 3.05) is 0 Å². The highest BCUT2D eigenvalue weighted by atomic mass is 35.5. The summed E-state index contributed by atoms with van der Waals surface area (Å²) in [6.07, 6.45) is -7.21. The lowest BCUT2D eigenvalue weighted by atomic mass is 9.78. The van der Waals surface area contributed by atoms with Crippen LogP contribution in [0.3, 0.4) is 0 Å². The van der Waals surface area contributed by atoms with Crippen LogP contribution in [0, 0.1) is 5.92 Å². The van der Waals surface area contributed by atoms with Crippen LogP contribution in [0.1, 0.15) is 16.4 Å². The first kappa shape index (κ1) is 16.1. The van der Waals surface area contributed by atoms with Gasteiger partial charge in [-0.15, -0.1) is 11.3 Å². The number of aliphatic carboxylic acids is 1. The summed E-state index contributed by atoms with van der Waals surface area (Å²) in [6, 6.07) is 7.51. The number of alkyl halides is 3. The largest absolute Gasteiger partial charge is 0.481 e. The first-order valence-corrected chi connectivity index (χ1v) is 7.84. The monoisotopic (exact) mass is 362 g/mol. The number of benzene rings is 1. The lowest BCUT2D eigenvalue weighted by Crippen LogP contribution is -2.49. The number of thiophene rings is 1. The Bertz CT molecular complexity index is 730. The first-order valence-electron chi connectivity index (χ1n) is 6.58. The summed E-state index contributed by atoms with van der Waals surface area (Å²) in [4.78, 5) is 12.1. The molecule has 3 rings (SSSR count). The van der Waals surface area contributed by atoms with Crippen molar-refractivity contribution < 1.29 is 27.8 Å². The predicted octanol–water partition coefficient (Wildman–Crippen LogP) is 4.56. The average Bonchev–Trinajstić information content (AvgIpc) is 2.97. The van der Waals surface area contributed by atoms with Gasteiger partial charge in [-0.25, -0.2) is 0 Å². The first-order chi connectivity index (χ1) is 10.8. The molecule has 3 nitrogen and oxygen atoms in total. The topological polar surface area (TPSA) is 46.5 Å². The quantitative estimate of drug-likeness (QED) is 0.852. The zero-order chi connectivity index (χ0) is 16.8. The molecule has 0 fully saturated rings. The lowest BCUT2D eigenvalue weighted by molar-refractivity contribution is -0.219. The molecule has 122 valence electrons. The molecular weight excluding hydrogens is 353 g/mol. The number of hydrogen-bond acceptors (Lipinski definition) is 3. The fraction of sp³-hybridized carbons (Fsp3) is 0.267. The van der Waals surface area contributed by atoms with E-state index in [2.05, 4.69) is 0 Å². The van der Waals surface area contributed by atoms with E-state index in [1.807, 2.05) is 0 Å². The molecule has 2 aromatic rings. The number of fused-ring (bicyclic) bond motifs is 1. The fourth-order valence-corrected chi connectivity index (χ4v) is 3.86. The average molecular weight is 363 g/mol. The third kappa shape index (κ3) is 2.90. The van der Waals surface area contributed by atoms with E-state index < -0.39 is 30.1 Å². The third-order valence-electron chi connectivity index (χ3n) is 3.70. The summed E-state index contributed by atoms with van der Waals surface area (Å²) in [7, 11) is 0. The number of carbonyl (C=O) groups is 1. The van der Waals surface area contributed by atoms with Gasteiger partial charge in [0.05, 0.1) is 0 Å². The van der Waals surface area contributed by atoms with Gasteiger partial charge in [0.2, 0.25) is 6.10 Å². The van der Waals surface area contributed by atoms with E-state index in [9.17, 15) is 23.1 Å². The molecule has 23 heavy (non-hydrogen) atoms. The maximum Gasteiger partial charge on any atom is 0.426 e. The van der Waals surface area contributed by atoms with Crippen LogP contribution in [-0.2, 0) is 4.79 Å². The van der Waals surface area contributed by atoms with Gasteiger partial charge in [-0.05, 0) is 29.6 Å². The molecule has 0 spiro atoms. The predicted molar refractivity (Wildman–Crippen MR) is 79.2 cm³/mol. The molecule has 0 saturated carbocycles. The molecule has 1 aliphatic rings. The normalized spacial score (nSPS) is 23.9. The Morgan fingerprint density at radius 2 is 2.04 bits per heavy atom. The fourth-order valence-electron chi connectivity index (χ4n) is 2.79. The van der Waals surface area contributed by atoms with Crippen LogP contribution in [0.4, 0.5) is 13.2 Å². The Labute approximate surface area is 138 Å². The number of halogens is 4. The van der Waals surface area contributed by atoms with Crippen LogP contribution in [0.15, 0.2) is 35.7 Å². The van der Waals surface area contributed by atoms with Gasteiger partial charge >= 0.3 is 12.1 Å². The highest BCUT2D eigenvalue weighted by molar-refractivity contribution is 7.10. The molecule has 2 heterocycles. The highest BCUT2D eigenvalue weighted by Crippen LogP contribution is 2.49. The Morgan fingerprint density at radius 1 is 1.30 bits per heavy atom. The number of rotatable bonds is 2. The van der Waals surface area contributed by atoms with Gasteiger partial charge in [0.1, 0.15) is 11.7 Å². The molecule has 1 aliphatic heterocycles. The van der Waals surface area contributed by atoms with Crippen LogP contribution in [0.25, 0.3) is 0 Å². The van der Waals surface area contributed by atoms with E-state index in [0.29, 0.717) is 15.5 Å². The number of carboxylic acid groups (broad SMARTS) is 1. The van der Waals surface area contributed by atoms with E-state index in [1.165, 1.54) is 29.5 Å². The molecule has 1 aromatic carbocycles. The molecular formula is C15H10ClF3O3S. The third-order valence-corrected chi connectivity index (χ3v) is 4.89. The molecule has 3 atom stereocenters. The number of carboxylic acids is 1. The van der Waals surface area contributed by atoms with Crippen molar-refractivity contribution >= 4 is 28.9 Å². The van der Waals surface area contributed by atoms with Gasteiger partial charge in [-0.3, -0.25) is 4.79 Å². The van der Waals surface area contributed by atoms with Crippen LogP contribution in [0.2, 0.25) is 5.02 Å². The van der Waals surface area contributed by atoms with Crippen molar-refractivity contribution in [3.8, 4) is 5.75 Å². The Hall–Kier alpha value is -1.73. The molecule has 0 bridgehead atoms. The summed E-state index contributed by atoms with van der Waals surface area (Å²) < 4.78 is 45.0. The molecule has 0 radical (unpaired) electrons. The van der Waals surface area contributed by atoms with Crippen LogP contribution in [-0.4, -0.2) is 23.4 Å². The number of hydrogen-bond donors (Lipinski definition) is 1. The van der Waals surface area contributed by atoms with Gasteiger partial charge in [-0.1, -0.05) is 17.7 Å². The Morgan fingerprint density at radius 3 is 2.61 bits per heavy atom. The van der Waals surface area contributed by atoms with Crippen molar-refractivity contribution in [3.63, 3.8) is 0 Å². The minimum Gasteiger partial charge on any atom is -0.481 e. The van der Waals surface area contributed by atoms with E-state index in [4.69, 9.17) is 16.3 Å². The summed E-state index contributed by atoms with van der Waals surface area (Å²) in [6.45, 7) is 0. The Kier molecular flexibility index (Phi) is 4.01. The van der Waals surface area contributed by atoms with E-state index >= 15 is 0 Å².